The molecule has 0 radical (unpaired) electrons. The zero-order chi connectivity index (χ0) is 55.9. The Kier molecular flexibility index (Phi) is 22.7. The summed E-state index contributed by atoms with van der Waals surface area (Å²) < 4.78 is 0. The van der Waals surface area contributed by atoms with E-state index < -0.39 is 95.5 Å². The molecule has 27 heteroatoms. The summed E-state index contributed by atoms with van der Waals surface area (Å²) in [5, 5.41) is 22.3. The van der Waals surface area contributed by atoms with Gasteiger partial charge in [0.15, 0.2) is 11.9 Å². The van der Waals surface area contributed by atoms with Gasteiger partial charge in [-0.25, -0.2) is 4.98 Å². The van der Waals surface area contributed by atoms with Crippen LogP contribution in [0.5, 0.6) is 0 Å². The van der Waals surface area contributed by atoms with Gasteiger partial charge in [0.2, 0.25) is 53.2 Å². The number of nitrogens with zero attached hydrogens (tertiary/aromatic N) is 3. The summed E-state index contributed by atoms with van der Waals surface area (Å²) in [6.45, 7) is 1.36. The second-order valence-corrected chi connectivity index (χ2v) is 18.5. The Morgan fingerprint density at radius 2 is 1.31 bits per heavy atom. The van der Waals surface area contributed by atoms with Crippen LogP contribution in [0.3, 0.4) is 0 Å². The summed E-state index contributed by atoms with van der Waals surface area (Å²) in [4.78, 5) is 143. The maximum Gasteiger partial charge on any atom is 0.243 e. The predicted molar refractivity (Wildman–Crippen MR) is 284 cm³/mol. The van der Waals surface area contributed by atoms with Gasteiger partial charge in [0.25, 0.3) is 0 Å². The molecule has 2 aromatic carbocycles. The lowest BCUT2D eigenvalue weighted by Crippen LogP contribution is -2.60. The number of rotatable bonds is 18. The van der Waals surface area contributed by atoms with Gasteiger partial charge in [0.1, 0.15) is 42.3 Å². The van der Waals surface area contributed by atoms with Crippen molar-refractivity contribution in [3.63, 3.8) is 0 Å². The minimum absolute atomic E-state index is 0.0184. The molecule has 7 atom stereocenters. The maximum atomic E-state index is 14.7. The number of imidazole rings is 1. The second kappa shape index (κ2) is 29.7. The number of nitrogens with one attached hydrogen (secondary N) is 10. The predicted octanol–water partition coefficient (Wildman–Crippen LogP) is -3.38. The molecule has 0 bridgehead atoms. The fourth-order valence-corrected chi connectivity index (χ4v) is 8.49. The van der Waals surface area contributed by atoms with Crippen molar-refractivity contribution in [2.45, 2.75) is 120 Å². The first-order valence-corrected chi connectivity index (χ1v) is 25.2. The van der Waals surface area contributed by atoms with Crippen LogP contribution in [-0.4, -0.2) is 142 Å². The van der Waals surface area contributed by atoms with Crippen molar-refractivity contribution in [3.8, 4) is 0 Å². The number of fused-ring (bicyclic) bond motifs is 1. The van der Waals surface area contributed by atoms with Gasteiger partial charge in [0.05, 0.1) is 6.33 Å². The normalized spacial score (nSPS) is 20.8. The lowest BCUT2D eigenvalue weighted by molar-refractivity contribution is -0.135. The largest absolute Gasteiger partial charge is 0.370 e. The number of carbonyl (C=O) groups excluding carboxylic acids is 9. The molecule has 5 rings (SSSR count). The van der Waals surface area contributed by atoms with Gasteiger partial charge >= 0.3 is 0 Å². The Bertz CT molecular complexity index is 2720. The van der Waals surface area contributed by atoms with Crippen LogP contribution in [0.2, 0.25) is 0 Å². The van der Waals surface area contributed by atoms with Gasteiger partial charge in [-0.05, 0) is 62.1 Å². The van der Waals surface area contributed by atoms with Crippen LogP contribution in [0, 0.1) is 0 Å². The summed E-state index contributed by atoms with van der Waals surface area (Å²) in [5.41, 5.74) is 30.2. The van der Waals surface area contributed by atoms with Crippen molar-refractivity contribution in [2.75, 3.05) is 19.6 Å². The maximum absolute atomic E-state index is 14.7. The molecule has 2 aromatic heterocycles. The summed E-state index contributed by atoms with van der Waals surface area (Å²) in [6.07, 6.45) is 3.86. The Balaban J connectivity index is 1.54. The van der Waals surface area contributed by atoms with E-state index in [9.17, 15) is 43.2 Å². The minimum atomic E-state index is -1.49. The molecule has 77 heavy (non-hydrogen) atoms. The molecule has 414 valence electrons. The van der Waals surface area contributed by atoms with E-state index in [1.807, 2.05) is 24.3 Å². The third kappa shape index (κ3) is 19.6. The zero-order valence-electron chi connectivity index (χ0n) is 42.8. The number of H-pyrrole nitrogens is 2. The first-order valence-electron chi connectivity index (χ1n) is 25.2. The van der Waals surface area contributed by atoms with Crippen molar-refractivity contribution in [1.82, 2.24) is 57.5 Å². The van der Waals surface area contributed by atoms with Gasteiger partial charge in [-0.1, -0.05) is 48.5 Å². The second-order valence-electron chi connectivity index (χ2n) is 18.5. The van der Waals surface area contributed by atoms with Gasteiger partial charge in [-0.2, -0.15) is 0 Å². The van der Waals surface area contributed by atoms with E-state index in [2.05, 4.69) is 67.5 Å². The number of aromatic amines is 2. The number of guanidine groups is 2. The van der Waals surface area contributed by atoms with Crippen molar-refractivity contribution in [1.29, 1.82) is 0 Å². The fraction of sp³-hybridized carbons (Fsp3) is 0.440. The standard InChI is InChI=1S/C50H70N18O9/c1-28(69)62-35(15-8-20-58-49(52)53)43(72)65-37-17-18-41(70)57-19-7-14-34(42(51)71)63-47(76)39(23-30-25-60-33-13-6-5-12-32(30)33)67-44(73)36(16-9-21-59-50(54)55)64-46(75)38(22-29-10-3-2-4-11-29)66-48(77)40(68-45(37)74)24-31-26-56-27-61-31/h2-6,10-13,25-27,34-40,60H,7-9,14-24H2,1H3,(H2,51,71)(H,56,61)(H,57,70)(H,62,69)(H,63,76)(H,64,75)(H,65,72)(H,66,77)(H,67,73)(H,68,74)(H4,52,53,58)(H4,54,55,59). The van der Waals surface area contributed by atoms with Crippen molar-refractivity contribution in [2.24, 2.45) is 38.7 Å². The van der Waals surface area contributed by atoms with E-state index in [0.29, 0.717) is 16.8 Å². The Labute approximate surface area is 443 Å². The number of benzene rings is 2. The van der Waals surface area contributed by atoms with E-state index in [-0.39, 0.29) is 102 Å². The summed E-state index contributed by atoms with van der Waals surface area (Å²) in [6, 6.07) is 6.41. The van der Waals surface area contributed by atoms with E-state index in [0.717, 1.165) is 10.9 Å². The van der Waals surface area contributed by atoms with Crippen molar-refractivity contribution < 1.29 is 43.2 Å². The molecular weight excluding hydrogens is 997 g/mol. The molecule has 1 aliphatic rings. The number of nitrogens with two attached hydrogens (primary N) is 5. The number of hydrogen-bond acceptors (Lipinski definition) is 12. The average Bonchev–Trinajstić information content (AvgIpc) is 4.06. The molecule has 7 unspecified atom stereocenters. The quantitative estimate of drug-likeness (QED) is 0.0263. The molecule has 0 aliphatic carbocycles. The van der Waals surface area contributed by atoms with Crippen LogP contribution in [0.15, 0.2) is 83.3 Å². The van der Waals surface area contributed by atoms with Crippen LogP contribution in [0.25, 0.3) is 10.9 Å². The summed E-state index contributed by atoms with van der Waals surface area (Å²) >= 11 is 0. The van der Waals surface area contributed by atoms with Crippen LogP contribution < -0.4 is 71.2 Å². The average molecular weight is 1070 g/mol. The Hall–Kier alpha value is -9.04. The molecule has 0 spiro atoms. The number of aromatic nitrogens is 3. The molecular formula is C50H70N18O9. The molecule has 1 fully saturated rings. The first-order chi connectivity index (χ1) is 36.9. The van der Waals surface area contributed by atoms with E-state index in [4.69, 9.17) is 28.7 Å². The monoisotopic (exact) mass is 1070 g/mol. The molecule has 9 amide bonds. The highest BCUT2D eigenvalue weighted by atomic mass is 16.2. The number of primary amides is 1. The van der Waals surface area contributed by atoms with Gasteiger partial charge in [0, 0.05) is 81.2 Å². The SMILES string of the molecule is CC(=O)NC(CCCN=C(N)N)C(=O)NC1CCC(=O)NCCCC(C(N)=O)NC(=O)C(Cc2c[nH]c3ccccc23)NC(=O)C(CCCN=C(N)N)NC(=O)C(Cc2ccccc2)NC(=O)C(Cc2cnc[nH]2)NC1=O. The molecule has 1 saturated heterocycles. The molecule has 20 N–H and O–H groups in total. The number of amides is 9. The molecule has 27 nitrogen and oxygen atoms in total. The first kappa shape index (κ1) is 58.8. The number of para-hydroxylation sites is 1. The minimum Gasteiger partial charge on any atom is -0.370 e. The molecule has 4 aromatic rings. The van der Waals surface area contributed by atoms with Gasteiger partial charge in [-0.15, -0.1) is 0 Å². The van der Waals surface area contributed by atoms with E-state index in [1.54, 1.807) is 36.5 Å². The van der Waals surface area contributed by atoms with Crippen LogP contribution in [0.4, 0.5) is 0 Å². The molecule has 1 aliphatic heterocycles. The van der Waals surface area contributed by atoms with Gasteiger partial charge in [-0.3, -0.25) is 53.1 Å². The van der Waals surface area contributed by atoms with Crippen molar-refractivity contribution in [3.05, 3.63) is 90.1 Å². The lowest BCUT2D eigenvalue weighted by Gasteiger charge is -2.28. The zero-order valence-corrected chi connectivity index (χ0v) is 42.8. The van der Waals surface area contributed by atoms with E-state index >= 15 is 0 Å². The Morgan fingerprint density at radius 3 is 1.97 bits per heavy atom. The Morgan fingerprint density at radius 1 is 0.701 bits per heavy atom. The van der Waals surface area contributed by atoms with Crippen LogP contribution in [0.1, 0.15) is 75.1 Å². The topological polar surface area (TPSA) is 449 Å². The highest BCUT2D eigenvalue weighted by Crippen LogP contribution is 2.20. The third-order valence-electron chi connectivity index (χ3n) is 12.4. The highest BCUT2D eigenvalue weighted by molar-refractivity contribution is 5.98. The number of hydrogen-bond donors (Lipinski definition) is 15. The van der Waals surface area contributed by atoms with Crippen LogP contribution in [-0.2, 0) is 62.4 Å². The molecule has 0 saturated carbocycles. The number of aliphatic imine (C=N–C) groups is 2. The lowest BCUT2D eigenvalue weighted by atomic mass is 10.0. The fourth-order valence-electron chi connectivity index (χ4n) is 8.49. The van der Waals surface area contributed by atoms with E-state index in [1.165, 1.54) is 19.4 Å². The highest BCUT2D eigenvalue weighted by Gasteiger charge is 2.35. The third-order valence-corrected chi connectivity index (χ3v) is 12.4. The molecule has 3 heterocycles. The number of carbonyl (C=O) groups is 9. The summed E-state index contributed by atoms with van der Waals surface area (Å²) in [5.74, 6) is -7.39. The van der Waals surface area contributed by atoms with Gasteiger partial charge < -0.3 is 81.2 Å². The summed E-state index contributed by atoms with van der Waals surface area (Å²) in [7, 11) is 0. The van der Waals surface area contributed by atoms with Crippen LogP contribution >= 0.6 is 0 Å². The van der Waals surface area contributed by atoms with Crippen molar-refractivity contribution >= 4 is 76.0 Å². The smallest absolute Gasteiger partial charge is 0.243 e.